The number of allylic oxidation sites excluding steroid dienone is 3. The average molecular weight is 473 g/mol. The second-order valence-electron chi connectivity index (χ2n) is 9.27. The van der Waals surface area contributed by atoms with E-state index in [1.54, 1.807) is 25.1 Å². The van der Waals surface area contributed by atoms with Crippen LogP contribution in [0.25, 0.3) is 5.57 Å². The number of esters is 1. The number of ether oxygens (including phenoxy) is 1. The summed E-state index contributed by atoms with van der Waals surface area (Å²) in [5, 5.41) is 0. The summed E-state index contributed by atoms with van der Waals surface area (Å²) in [4.78, 5) is 12.5. The summed E-state index contributed by atoms with van der Waals surface area (Å²) in [5.41, 5.74) is 1.23. The monoisotopic (exact) mass is 472 g/mol. The van der Waals surface area contributed by atoms with E-state index in [-0.39, 0.29) is 23.5 Å². The molecule has 180 valence electrons. The molecule has 34 heavy (non-hydrogen) atoms. The van der Waals surface area contributed by atoms with Crippen molar-refractivity contribution in [2.45, 2.75) is 58.3 Å². The smallest absolute Gasteiger partial charge is 0.318 e. The second-order valence-corrected chi connectivity index (χ2v) is 9.27. The number of hydrogen-bond acceptors (Lipinski definition) is 2. The molecule has 0 bridgehead atoms. The quantitative estimate of drug-likeness (QED) is 0.254. The van der Waals surface area contributed by atoms with Crippen LogP contribution in [0.4, 0.5) is 17.6 Å². The number of halogens is 4. The summed E-state index contributed by atoms with van der Waals surface area (Å²) in [6.07, 6.45) is 8.90. The summed E-state index contributed by atoms with van der Waals surface area (Å²) >= 11 is 0. The zero-order valence-electron chi connectivity index (χ0n) is 19.3. The zero-order valence-corrected chi connectivity index (χ0v) is 19.3. The molecule has 0 heterocycles. The lowest BCUT2D eigenvalue weighted by molar-refractivity contribution is -0.137. The summed E-state index contributed by atoms with van der Waals surface area (Å²) < 4.78 is 63.1. The molecule has 0 radical (unpaired) electrons. The fraction of sp³-hybridized carbons (Fsp3) is 0.393. The second kappa shape index (κ2) is 10.2. The molecule has 4 rings (SSSR count). The molecule has 1 saturated carbocycles. The molecule has 2 aliphatic rings. The van der Waals surface area contributed by atoms with E-state index in [0.717, 1.165) is 25.7 Å². The molecule has 0 amide bonds. The van der Waals surface area contributed by atoms with Gasteiger partial charge in [-0.15, -0.1) is 0 Å². The van der Waals surface area contributed by atoms with E-state index in [9.17, 15) is 22.4 Å². The predicted molar refractivity (Wildman–Crippen MR) is 123 cm³/mol. The molecule has 0 saturated heterocycles. The van der Waals surface area contributed by atoms with E-state index in [2.05, 4.69) is 6.92 Å². The Hall–Kier alpha value is -2.89. The van der Waals surface area contributed by atoms with Crippen molar-refractivity contribution < 1.29 is 27.1 Å². The summed E-state index contributed by atoms with van der Waals surface area (Å²) in [5.74, 6) is -5.23. The van der Waals surface area contributed by atoms with Crippen LogP contribution in [0.1, 0.15) is 68.6 Å². The van der Waals surface area contributed by atoms with Crippen LogP contribution in [0, 0.1) is 35.1 Å². The van der Waals surface area contributed by atoms with Crippen LogP contribution in [-0.4, -0.2) is 5.97 Å². The highest BCUT2D eigenvalue weighted by Gasteiger charge is 2.27. The molecule has 0 N–H and O–H groups in total. The molecule has 1 fully saturated rings. The number of rotatable bonds is 5. The third-order valence-corrected chi connectivity index (χ3v) is 7.00. The Balaban J connectivity index is 1.45. The van der Waals surface area contributed by atoms with Crippen molar-refractivity contribution in [3.8, 4) is 5.75 Å². The molecule has 2 nitrogen and oxygen atoms in total. The third kappa shape index (κ3) is 4.82. The molecule has 0 spiro atoms. The van der Waals surface area contributed by atoms with Crippen molar-refractivity contribution in [2.75, 3.05) is 0 Å². The number of carbonyl (C=O) groups is 1. The number of aryl methyl sites for hydroxylation is 1. The Labute approximate surface area is 197 Å². The fourth-order valence-corrected chi connectivity index (χ4v) is 4.78. The van der Waals surface area contributed by atoms with Crippen LogP contribution < -0.4 is 4.74 Å². The van der Waals surface area contributed by atoms with E-state index in [1.807, 2.05) is 0 Å². The molecule has 2 aromatic carbocycles. The van der Waals surface area contributed by atoms with Gasteiger partial charge in [0.25, 0.3) is 0 Å². The van der Waals surface area contributed by atoms with Gasteiger partial charge in [-0.3, -0.25) is 4.79 Å². The lowest BCUT2D eigenvalue weighted by Crippen LogP contribution is -2.20. The maximum absolute atomic E-state index is 14.9. The van der Waals surface area contributed by atoms with Gasteiger partial charge in [0.05, 0.1) is 5.92 Å². The standard InChI is InChI=1S/C28H28F4O2/c1-3-17-12-15-23(27(32)24(17)29)34-28(33)20-10-8-19(9-11-20)22-14-13-21(25(30)26(22)31)18-6-4-16(2)5-7-18/h8-10,12-16,18,20H,3-7,11H2,1-2H3. The number of carbonyl (C=O) groups excluding carboxylic acids is 1. The van der Waals surface area contributed by atoms with Gasteiger partial charge < -0.3 is 4.74 Å². The van der Waals surface area contributed by atoms with E-state index >= 15 is 0 Å². The van der Waals surface area contributed by atoms with Crippen LogP contribution in [0.15, 0.2) is 42.5 Å². The van der Waals surface area contributed by atoms with Crippen LogP contribution >= 0.6 is 0 Å². The van der Waals surface area contributed by atoms with Crippen molar-refractivity contribution in [3.05, 3.63) is 82.5 Å². The van der Waals surface area contributed by atoms with E-state index in [4.69, 9.17) is 4.74 Å². The minimum absolute atomic E-state index is 0.0337. The molecule has 0 aromatic heterocycles. The normalized spacial score (nSPS) is 22.4. The van der Waals surface area contributed by atoms with E-state index in [0.29, 0.717) is 23.5 Å². The number of benzene rings is 2. The molecule has 1 unspecified atom stereocenters. The van der Waals surface area contributed by atoms with Gasteiger partial charge in [0.1, 0.15) is 0 Å². The minimum atomic E-state index is -1.20. The Kier molecular flexibility index (Phi) is 7.24. The van der Waals surface area contributed by atoms with Gasteiger partial charge in [0.2, 0.25) is 5.82 Å². The SMILES string of the molecule is CCc1ccc(OC(=O)C2C=CC(c3ccc(C4CCC(C)CC4)c(F)c3F)=CC2)c(F)c1F. The Morgan fingerprint density at radius 1 is 0.941 bits per heavy atom. The minimum Gasteiger partial charge on any atom is -0.423 e. The van der Waals surface area contributed by atoms with E-state index < -0.39 is 40.9 Å². The third-order valence-electron chi connectivity index (χ3n) is 7.00. The maximum atomic E-state index is 14.9. The first kappa shape index (κ1) is 24.2. The lowest BCUT2D eigenvalue weighted by Gasteiger charge is -2.27. The van der Waals surface area contributed by atoms with Crippen LogP contribution in [-0.2, 0) is 11.2 Å². The van der Waals surface area contributed by atoms with Crippen molar-refractivity contribution >= 4 is 11.5 Å². The van der Waals surface area contributed by atoms with Crippen molar-refractivity contribution in [1.29, 1.82) is 0 Å². The van der Waals surface area contributed by atoms with Gasteiger partial charge in [-0.25, -0.2) is 13.2 Å². The van der Waals surface area contributed by atoms with Crippen molar-refractivity contribution in [3.63, 3.8) is 0 Å². The van der Waals surface area contributed by atoms with Gasteiger partial charge in [-0.1, -0.05) is 63.1 Å². The highest BCUT2D eigenvalue weighted by atomic mass is 19.2. The van der Waals surface area contributed by atoms with Crippen LogP contribution in [0.5, 0.6) is 5.75 Å². The van der Waals surface area contributed by atoms with Crippen LogP contribution in [0.2, 0.25) is 0 Å². The van der Waals surface area contributed by atoms with Crippen molar-refractivity contribution in [2.24, 2.45) is 11.8 Å². The predicted octanol–water partition coefficient (Wildman–Crippen LogP) is 7.66. The average Bonchev–Trinajstić information content (AvgIpc) is 2.84. The summed E-state index contributed by atoms with van der Waals surface area (Å²) in [7, 11) is 0. The molecular weight excluding hydrogens is 444 g/mol. The van der Waals surface area contributed by atoms with Gasteiger partial charge in [0.15, 0.2) is 23.2 Å². The maximum Gasteiger partial charge on any atom is 0.318 e. The zero-order chi connectivity index (χ0) is 24.4. The summed E-state index contributed by atoms with van der Waals surface area (Å²) in [6, 6.07) is 5.87. The first-order valence-corrected chi connectivity index (χ1v) is 11.8. The molecule has 2 aromatic rings. The van der Waals surface area contributed by atoms with Gasteiger partial charge in [0, 0.05) is 5.56 Å². The van der Waals surface area contributed by atoms with Crippen molar-refractivity contribution in [1.82, 2.24) is 0 Å². The first-order valence-electron chi connectivity index (χ1n) is 11.8. The first-order chi connectivity index (χ1) is 16.3. The molecular formula is C28H28F4O2. The largest absolute Gasteiger partial charge is 0.423 e. The van der Waals surface area contributed by atoms with Crippen LogP contribution in [0.3, 0.4) is 0 Å². The van der Waals surface area contributed by atoms with Gasteiger partial charge in [-0.2, -0.15) is 4.39 Å². The molecule has 2 aliphatic carbocycles. The number of hydrogen-bond donors (Lipinski definition) is 0. The topological polar surface area (TPSA) is 26.3 Å². The van der Waals surface area contributed by atoms with Gasteiger partial charge >= 0.3 is 5.97 Å². The van der Waals surface area contributed by atoms with Gasteiger partial charge in [-0.05, 0) is 60.3 Å². The molecule has 0 aliphatic heterocycles. The lowest BCUT2D eigenvalue weighted by atomic mass is 9.79. The Morgan fingerprint density at radius 3 is 2.32 bits per heavy atom. The summed E-state index contributed by atoms with van der Waals surface area (Å²) in [6.45, 7) is 3.87. The Morgan fingerprint density at radius 2 is 1.68 bits per heavy atom. The van der Waals surface area contributed by atoms with E-state index in [1.165, 1.54) is 24.3 Å². The fourth-order valence-electron chi connectivity index (χ4n) is 4.78. The molecule has 6 heteroatoms. The Bertz CT molecular complexity index is 1140. The highest BCUT2D eigenvalue weighted by molar-refractivity contribution is 5.82. The highest BCUT2D eigenvalue weighted by Crippen LogP contribution is 2.38. The molecule has 1 atom stereocenters.